The molecule has 0 aliphatic carbocycles. The molecule has 1 aliphatic rings. The number of aliphatic hydroxyl groups is 1. The molecule has 0 spiro atoms. The number of aliphatic hydroxyl groups excluding tert-OH is 1. The molecule has 6 nitrogen and oxygen atoms in total. The first-order valence-corrected chi connectivity index (χ1v) is 8.11. The first-order valence-electron chi connectivity index (χ1n) is 8.11. The largest absolute Gasteiger partial charge is 0.378 e. The summed E-state index contributed by atoms with van der Waals surface area (Å²) >= 11 is 0. The van der Waals surface area contributed by atoms with Gasteiger partial charge in [0, 0.05) is 32.3 Å². The lowest BCUT2D eigenvalue weighted by atomic mass is 10.0. The molecule has 2 atom stereocenters. The van der Waals surface area contributed by atoms with E-state index in [0.717, 1.165) is 12.8 Å². The van der Waals surface area contributed by atoms with E-state index >= 15 is 0 Å². The van der Waals surface area contributed by atoms with Gasteiger partial charge in [-0.2, -0.15) is 5.10 Å². The topological polar surface area (TPSA) is 75.4 Å². The van der Waals surface area contributed by atoms with Gasteiger partial charge in [0.05, 0.1) is 11.8 Å². The zero-order valence-electron chi connectivity index (χ0n) is 13.6. The van der Waals surface area contributed by atoms with Crippen molar-refractivity contribution in [2.24, 2.45) is 7.05 Å². The van der Waals surface area contributed by atoms with E-state index in [-0.39, 0.29) is 24.2 Å². The Balaban J connectivity index is 1.68. The Bertz CT molecular complexity index is 726. The van der Waals surface area contributed by atoms with Gasteiger partial charge in [-0.25, -0.2) is 0 Å². The van der Waals surface area contributed by atoms with Crippen molar-refractivity contribution in [1.29, 1.82) is 0 Å². The van der Waals surface area contributed by atoms with Gasteiger partial charge in [-0.05, 0) is 18.4 Å². The third kappa shape index (κ3) is 3.38. The van der Waals surface area contributed by atoms with Crippen LogP contribution < -0.4 is 0 Å². The second-order valence-corrected chi connectivity index (χ2v) is 6.17. The lowest BCUT2D eigenvalue weighted by Crippen LogP contribution is -2.39. The van der Waals surface area contributed by atoms with E-state index in [1.54, 1.807) is 53.3 Å². The van der Waals surface area contributed by atoms with Crippen LogP contribution in [0, 0.1) is 0 Å². The summed E-state index contributed by atoms with van der Waals surface area (Å²) in [6.45, 7) is 0.577. The number of benzene rings is 1. The monoisotopic (exact) mass is 327 g/mol. The number of hydrogen-bond donors (Lipinski definition) is 1. The number of amides is 1. The van der Waals surface area contributed by atoms with Crippen molar-refractivity contribution in [3.63, 3.8) is 0 Å². The Hall–Kier alpha value is -2.47. The predicted molar refractivity (Wildman–Crippen MR) is 88.3 cm³/mol. The molecule has 1 N–H and O–H groups in total. The van der Waals surface area contributed by atoms with Crippen molar-refractivity contribution in [1.82, 2.24) is 14.7 Å². The van der Waals surface area contributed by atoms with E-state index in [1.807, 2.05) is 6.07 Å². The highest BCUT2D eigenvalue weighted by Crippen LogP contribution is 2.26. The zero-order chi connectivity index (χ0) is 17.1. The van der Waals surface area contributed by atoms with Crippen molar-refractivity contribution in [2.75, 3.05) is 6.54 Å². The minimum absolute atomic E-state index is 0.0259. The summed E-state index contributed by atoms with van der Waals surface area (Å²) in [5.74, 6) is -0.357. The molecular weight excluding hydrogens is 306 g/mol. The second kappa shape index (κ2) is 6.97. The number of aromatic nitrogens is 2. The summed E-state index contributed by atoms with van der Waals surface area (Å²) in [5, 5.41) is 14.3. The van der Waals surface area contributed by atoms with Gasteiger partial charge < -0.3 is 10.0 Å². The maximum Gasteiger partial charge on any atom is 0.256 e. The maximum absolute atomic E-state index is 12.6. The third-order valence-corrected chi connectivity index (χ3v) is 4.46. The van der Waals surface area contributed by atoms with Crippen LogP contribution in [0.25, 0.3) is 0 Å². The van der Waals surface area contributed by atoms with Crippen LogP contribution >= 0.6 is 0 Å². The van der Waals surface area contributed by atoms with Crippen LogP contribution in [0.4, 0.5) is 0 Å². The molecule has 1 aromatic carbocycles. The molecule has 0 radical (unpaired) electrons. The minimum atomic E-state index is -1.18. The first kappa shape index (κ1) is 16.4. The van der Waals surface area contributed by atoms with Gasteiger partial charge in [-0.3, -0.25) is 14.3 Å². The van der Waals surface area contributed by atoms with Crippen LogP contribution in [0.3, 0.4) is 0 Å². The lowest BCUT2D eigenvalue weighted by molar-refractivity contribution is -0.141. The number of rotatable bonds is 5. The van der Waals surface area contributed by atoms with E-state index in [0.29, 0.717) is 17.7 Å². The lowest BCUT2D eigenvalue weighted by Gasteiger charge is -2.26. The van der Waals surface area contributed by atoms with Crippen LogP contribution in [0.2, 0.25) is 0 Å². The second-order valence-electron chi connectivity index (χ2n) is 6.17. The molecule has 3 rings (SSSR count). The highest BCUT2D eigenvalue weighted by Gasteiger charge is 2.34. The number of carbonyl (C=O) groups excluding carboxylic acids is 2. The number of ketones is 1. The summed E-state index contributed by atoms with van der Waals surface area (Å²) in [4.78, 5) is 26.6. The van der Waals surface area contributed by atoms with E-state index in [2.05, 4.69) is 5.10 Å². The molecule has 24 heavy (non-hydrogen) atoms. The van der Waals surface area contributed by atoms with E-state index < -0.39 is 6.10 Å². The summed E-state index contributed by atoms with van der Waals surface area (Å²) in [5.41, 5.74) is 1.13. The van der Waals surface area contributed by atoms with Crippen LogP contribution in [0.15, 0.2) is 42.7 Å². The Morgan fingerprint density at radius 3 is 2.75 bits per heavy atom. The van der Waals surface area contributed by atoms with E-state index in [4.69, 9.17) is 0 Å². The van der Waals surface area contributed by atoms with Crippen molar-refractivity contribution >= 4 is 11.7 Å². The standard InChI is InChI=1S/C18H21N3O3/c1-20-12-14(11-19-20)16(22)10-15-8-5-9-21(15)18(24)17(23)13-6-3-2-4-7-13/h2-4,6-7,11-12,15,17,23H,5,8-10H2,1H3. The molecule has 2 unspecified atom stereocenters. The molecule has 0 bridgehead atoms. The summed E-state index contributed by atoms with van der Waals surface area (Å²) < 4.78 is 1.59. The highest BCUT2D eigenvalue weighted by atomic mass is 16.3. The van der Waals surface area contributed by atoms with Gasteiger partial charge in [0.2, 0.25) is 0 Å². The average Bonchev–Trinajstić information content (AvgIpc) is 3.23. The smallest absolute Gasteiger partial charge is 0.256 e. The number of hydrogen-bond acceptors (Lipinski definition) is 4. The minimum Gasteiger partial charge on any atom is -0.378 e. The normalized spacial score (nSPS) is 18.6. The summed E-state index contributed by atoms with van der Waals surface area (Å²) in [6.07, 6.45) is 3.93. The van der Waals surface area contributed by atoms with Crippen LogP contribution in [-0.2, 0) is 11.8 Å². The fraction of sp³-hybridized carbons (Fsp3) is 0.389. The van der Waals surface area contributed by atoms with Crippen molar-refractivity contribution in [2.45, 2.75) is 31.4 Å². The van der Waals surface area contributed by atoms with Gasteiger partial charge in [0.25, 0.3) is 5.91 Å². The molecule has 1 aromatic heterocycles. The fourth-order valence-electron chi connectivity index (χ4n) is 3.17. The first-order chi connectivity index (χ1) is 11.6. The molecule has 1 fully saturated rings. The molecule has 1 amide bonds. The van der Waals surface area contributed by atoms with Gasteiger partial charge in [-0.15, -0.1) is 0 Å². The molecule has 2 heterocycles. The number of likely N-dealkylation sites (tertiary alicyclic amines) is 1. The van der Waals surface area contributed by atoms with E-state index in [1.165, 1.54) is 0 Å². The molecule has 126 valence electrons. The Morgan fingerprint density at radius 2 is 2.08 bits per heavy atom. The number of nitrogens with zero attached hydrogens (tertiary/aromatic N) is 3. The van der Waals surface area contributed by atoms with Crippen molar-refractivity contribution < 1.29 is 14.7 Å². The Morgan fingerprint density at radius 1 is 1.33 bits per heavy atom. The number of carbonyl (C=O) groups is 2. The molecule has 2 aromatic rings. The van der Waals surface area contributed by atoms with Gasteiger partial charge in [-0.1, -0.05) is 30.3 Å². The third-order valence-electron chi connectivity index (χ3n) is 4.46. The maximum atomic E-state index is 12.6. The molecule has 6 heteroatoms. The van der Waals surface area contributed by atoms with Crippen LogP contribution in [0.5, 0.6) is 0 Å². The van der Waals surface area contributed by atoms with Crippen molar-refractivity contribution in [3.05, 3.63) is 53.9 Å². The van der Waals surface area contributed by atoms with E-state index in [9.17, 15) is 14.7 Å². The Kier molecular flexibility index (Phi) is 4.76. The zero-order valence-corrected chi connectivity index (χ0v) is 13.6. The fourth-order valence-corrected chi connectivity index (χ4v) is 3.17. The van der Waals surface area contributed by atoms with Crippen LogP contribution in [-0.4, -0.2) is 44.1 Å². The summed E-state index contributed by atoms with van der Waals surface area (Å²) in [7, 11) is 1.76. The summed E-state index contributed by atoms with van der Waals surface area (Å²) in [6, 6.07) is 8.72. The number of Topliss-reactive ketones (excluding diaryl/α,β-unsaturated/α-hetero) is 1. The van der Waals surface area contributed by atoms with Gasteiger partial charge >= 0.3 is 0 Å². The molecule has 1 saturated heterocycles. The highest BCUT2D eigenvalue weighted by molar-refractivity contribution is 5.96. The molecule has 1 aliphatic heterocycles. The Labute approximate surface area is 140 Å². The quantitative estimate of drug-likeness (QED) is 0.849. The predicted octanol–water partition coefficient (Wildman–Crippen LogP) is 1.72. The average molecular weight is 327 g/mol. The van der Waals surface area contributed by atoms with Gasteiger partial charge in [0.1, 0.15) is 0 Å². The number of aryl methyl sites for hydroxylation is 1. The molecule has 0 saturated carbocycles. The van der Waals surface area contributed by atoms with Gasteiger partial charge in [0.15, 0.2) is 11.9 Å². The SMILES string of the molecule is Cn1cc(C(=O)CC2CCCN2C(=O)C(O)c2ccccc2)cn1. The van der Waals surface area contributed by atoms with Crippen LogP contribution in [0.1, 0.15) is 41.3 Å². The van der Waals surface area contributed by atoms with Crippen molar-refractivity contribution in [3.8, 4) is 0 Å². The molecular formula is C18H21N3O3.